The third kappa shape index (κ3) is 4.40. The molecule has 3 nitrogen and oxygen atoms in total. The first-order valence-corrected chi connectivity index (χ1v) is 5.57. The molecule has 0 aliphatic heterocycles. The molecule has 0 saturated carbocycles. The Morgan fingerprint density at radius 1 is 1.41 bits per heavy atom. The van der Waals surface area contributed by atoms with Gasteiger partial charge in [0.25, 0.3) is 0 Å². The summed E-state index contributed by atoms with van der Waals surface area (Å²) in [7, 11) is 0. The Morgan fingerprint density at radius 3 is 2.59 bits per heavy atom. The van der Waals surface area contributed by atoms with Gasteiger partial charge in [-0.2, -0.15) is 0 Å². The van der Waals surface area contributed by atoms with Crippen molar-refractivity contribution in [3.63, 3.8) is 0 Å². The van der Waals surface area contributed by atoms with E-state index in [4.69, 9.17) is 5.73 Å². The molecule has 0 bridgehead atoms. The summed E-state index contributed by atoms with van der Waals surface area (Å²) in [6, 6.07) is 5.21. The molecule has 1 aromatic carbocycles. The minimum atomic E-state index is -4.51. The number of alkyl halides is 4. The molecule has 0 heterocycles. The predicted octanol–water partition coefficient (Wildman–Crippen LogP) is 1.93. The summed E-state index contributed by atoms with van der Waals surface area (Å²) in [6.45, 7) is 0. The molecule has 0 amide bonds. The topological polar surface area (TPSA) is 47.3 Å². The van der Waals surface area contributed by atoms with Crippen LogP contribution in [0.3, 0.4) is 0 Å². The van der Waals surface area contributed by atoms with E-state index in [0.29, 0.717) is 10.0 Å². The fraction of sp³-hybridized carbons (Fsp3) is 0.222. The molecule has 0 saturated heterocycles. The molecule has 1 aromatic rings. The maximum atomic E-state index is 12.6. The van der Waals surface area contributed by atoms with Crippen LogP contribution in [0.25, 0.3) is 0 Å². The predicted molar refractivity (Wildman–Crippen MR) is 50.8 cm³/mol. The molecule has 17 heavy (non-hydrogen) atoms. The van der Waals surface area contributed by atoms with Gasteiger partial charge < -0.3 is 0 Å². The molecule has 8 heteroatoms. The van der Waals surface area contributed by atoms with Crippen molar-refractivity contribution < 1.29 is 40.4 Å². The van der Waals surface area contributed by atoms with Crippen LogP contribution in [0.1, 0.15) is 0 Å². The molecule has 96 valence electrons. The van der Waals surface area contributed by atoms with Crippen molar-refractivity contribution in [2.24, 2.45) is 5.73 Å². The van der Waals surface area contributed by atoms with E-state index in [0.717, 1.165) is 12.1 Å². The van der Waals surface area contributed by atoms with Gasteiger partial charge in [0.15, 0.2) is 0 Å². The number of nitrogens with two attached hydrogens (primary N) is 1. The zero-order chi connectivity index (χ0) is 13.1. The van der Waals surface area contributed by atoms with Crippen LogP contribution in [0.4, 0.5) is 23.2 Å². The van der Waals surface area contributed by atoms with Crippen LogP contribution in [0.15, 0.2) is 24.3 Å². The standard InChI is InChI=1S/C9H8F4N2O.Os/c10-8(11)9(12,13)16-7-3-1-2-6(4-7)15-5-14;/h1-4,8,15H,14H2;. The van der Waals surface area contributed by atoms with Crippen LogP contribution >= 0.6 is 0 Å². The van der Waals surface area contributed by atoms with Crippen molar-refractivity contribution in [2.75, 3.05) is 5.32 Å². The van der Waals surface area contributed by atoms with Gasteiger partial charge in [-0.05, 0) is 0 Å². The van der Waals surface area contributed by atoms with Crippen LogP contribution in [0, 0.1) is 0 Å². The molecule has 0 radical (unpaired) electrons. The molecule has 3 N–H and O–H groups in total. The zero-order valence-electron chi connectivity index (χ0n) is 8.24. The fourth-order valence-corrected chi connectivity index (χ4v) is 1.34. The first-order chi connectivity index (χ1) is 7.81. The number of hydrogen-bond donors (Lipinski definition) is 2. The average molecular weight is 426 g/mol. The summed E-state index contributed by atoms with van der Waals surface area (Å²) in [4.78, 5) is 0. The summed E-state index contributed by atoms with van der Waals surface area (Å²) in [5.41, 5.74) is 5.73. The molecule has 0 spiro atoms. The monoisotopic (exact) mass is 428 g/mol. The van der Waals surface area contributed by atoms with E-state index in [-0.39, 0.29) is 5.75 Å². The summed E-state index contributed by atoms with van der Waals surface area (Å²) >= 11 is 1.36. The third-order valence-corrected chi connectivity index (χ3v) is 1.92. The molecule has 0 unspecified atom stereocenters. The van der Waals surface area contributed by atoms with Crippen LogP contribution in [0.2, 0.25) is 0 Å². The summed E-state index contributed by atoms with van der Waals surface area (Å²) in [5.74, 6) is -0.370. The molecular weight excluding hydrogens is 418 g/mol. The van der Waals surface area contributed by atoms with E-state index in [1.807, 2.05) is 0 Å². The Labute approximate surface area is 104 Å². The summed E-state index contributed by atoms with van der Waals surface area (Å²) in [6.07, 6.45) is -8.40. The van der Waals surface area contributed by atoms with E-state index in [9.17, 15) is 17.6 Å². The van der Waals surface area contributed by atoms with Crippen LogP contribution < -0.4 is 15.8 Å². The number of nitrogens with one attached hydrogen (secondary N) is 1. The zero-order valence-corrected chi connectivity index (χ0v) is 10.8. The van der Waals surface area contributed by atoms with Crippen molar-refractivity contribution >= 4 is 10.0 Å². The van der Waals surface area contributed by atoms with E-state index in [1.165, 1.54) is 30.3 Å². The summed E-state index contributed by atoms with van der Waals surface area (Å²) < 4.78 is 53.3. The second-order valence-corrected chi connectivity index (χ2v) is 4.32. The van der Waals surface area contributed by atoms with E-state index < -0.39 is 12.5 Å². The first kappa shape index (κ1) is 14.1. The number of rotatable bonds is 5. The number of ether oxygens (including phenoxy) is 1. The Hall–Kier alpha value is -0.994. The van der Waals surface area contributed by atoms with Crippen molar-refractivity contribution in [1.82, 2.24) is 0 Å². The number of hydrogen-bond acceptors (Lipinski definition) is 3. The van der Waals surface area contributed by atoms with Crippen molar-refractivity contribution in [3.05, 3.63) is 24.3 Å². The maximum absolute atomic E-state index is 12.6. The van der Waals surface area contributed by atoms with Gasteiger partial charge in [0.1, 0.15) is 0 Å². The van der Waals surface area contributed by atoms with Crippen LogP contribution in [0.5, 0.6) is 5.75 Å². The van der Waals surface area contributed by atoms with Gasteiger partial charge in [0.05, 0.1) is 0 Å². The minimum absolute atomic E-state index is 0.364. The molecule has 0 aliphatic carbocycles. The van der Waals surface area contributed by atoms with Gasteiger partial charge in [-0.3, -0.25) is 0 Å². The quantitative estimate of drug-likeness (QED) is 0.708. The normalized spacial score (nSPS) is 11.5. The van der Waals surface area contributed by atoms with Gasteiger partial charge in [-0.1, -0.05) is 0 Å². The van der Waals surface area contributed by atoms with Gasteiger partial charge in [-0.25, -0.2) is 0 Å². The third-order valence-electron chi connectivity index (χ3n) is 1.60. The SMILES string of the molecule is N[C](=[Os])Nc1cccc(OC(F)(F)C(F)F)c1. The van der Waals surface area contributed by atoms with E-state index in [1.54, 1.807) is 0 Å². The molecule has 0 aromatic heterocycles. The van der Waals surface area contributed by atoms with E-state index >= 15 is 0 Å². The Balaban J connectivity index is 2.82. The molecule has 1 rings (SSSR count). The molecule has 0 aliphatic rings. The fourth-order valence-electron chi connectivity index (χ4n) is 0.973. The molecule has 0 atom stereocenters. The summed E-state index contributed by atoms with van der Waals surface area (Å²) in [5, 5.41) is 2.65. The average Bonchev–Trinajstić information content (AvgIpc) is 2.15. The van der Waals surface area contributed by atoms with Gasteiger partial charge in [0.2, 0.25) is 0 Å². The van der Waals surface area contributed by atoms with Crippen LogP contribution in [-0.4, -0.2) is 16.8 Å². The van der Waals surface area contributed by atoms with Gasteiger partial charge in [-0.15, -0.1) is 0 Å². The second kappa shape index (κ2) is 5.56. The molecular formula is C9H8F4N2OOs. The number of benzene rings is 1. The number of halogens is 4. The Kier molecular flexibility index (Phi) is 4.60. The van der Waals surface area contributed by atoms with Crippen molar-refractivity contribution in [3.8, 4) is 5.75 Å². The first-order valence-electron chi connectivity index (χ1n) is 4.30. The Morgan fingerprint density at radius 2 is 2.06 bits per heavy atom. The van der Waals surface area contributed by atoms with Crippen LogP contribution in [-0.2, 0) is 18.1 Å². The Bertz CT molecular complexity index is 414. The van der Waals surface area contributed by atoms with Gasteiger partial charge >= 0.3 is 104 Å². The van der Waals surface area contributed by atoms with Crippen molar-refractivity contribution in [1.29, 1.82) is 0 Å². The van der Waals surface area contributed by atoms with E-state index in [2.05, 4.69) is 10.1 Å². The second-order valence-electron chi connectivity index (χ2n) is 2.95. The van der Waals surface area contributed by atoms with Crippen molar-refractivity contribution in [2.45, 2.75) is 12.5 Å². The number of anilines is 1. The van der Waals surface area contributed by atoms with Gasteiger partial charge in [0, 0.05) is 0 Å². The molecule has 0 fully saturated rings.